The fourth-order valence-electron chi connectivity index (χ4n) is 3.00. The lowest BCUT2D eigenvalue weighted by molar-refractivity contribution is 0.122. The minimum atomic E-state index is -3.68. The maximum Gasteiger partial charge on any atom is 0.244 e. The molecule has 1 aliphatic rings. The number of hydrogen-bond donors (Lipinski definition) is 1. The Morgan fingerprint density at radius 2 is 1.88 bits per heavy atom. The number of aryl methyl sites for hydroxylation is 3. The van der Waals surface area contributed by atoms with Crippen LogP contribution in [0, 0.1) is 20.8 Å². The van der Waals surface area contributed by atoms with Crippen LogP contribution in [0.2, 0.25) is 0 Å². The molecule has 26 heavy (non-hydrogen) atoms. The van der Waals surface area contributed by atoms with Crippen molar-refractivity contribution in [2.75, 3.05) is 31.2 Å². The largest absolute Gasteiger partial charge is 0.378 e. The lowest BCUT2D eigenvalue weighted by atomic mass is 10.3. The molecular weight excluding hydrogens is 356 g/mol. The van der Waals surface area contributed by atoms with Crippen molar-refractivity contribution in [2.24, 2.45) is 7.05 Å². The minimum Gasteiger partial charge on any atom is -0.378 e. The van der Waals surface area contributed by atoms with Gasteiger partial charge in [-0.1, -0.05) is 0 Å². The number of morpholine rings is 1. The van der Waals surface area contributed by atoms with Crippen molar-refractivity contribution in [3.05, 3.63) is 28.8 Å². The Morgan fingerprint density at radius 1 is 1.19 bits per heavy atom. The Kier molecular flexibility index (Phi) is 5.26. The van der Waals surface area contributed by atoms with Crippen LogP contribution >= 0.6 is 0 Å². The molecule has 10 heteroatoms. The van der Waals surface area contributed by atoms with Crippen LogP contribution in [-0.2, 0) is 28.4 Å². The maximum atomic E-state index is 12.7. The van der Waals surface area contributed by atoms with Gasteiger partial charge in [0.25, 0.3) is 0 Å². The average molecular weight is 380 g/mol. The van der Waals surface area contributed by atoms with Crippen molar-refractivity contribution in [1.82, 2.24) is 24.5 Å². The summed E-state index contributed by atoms with van der Waals surface area (Å²) >= 11 is 0. The predicted octanol–water partition coefficient (Wildman–Crippen LogP) is 0.450. The summed E-state index contributed by atoms with van der Waals surface area (Å²) in [4.78, 5) is 11.2. The Labute approximate surface area is 153 Å². The third-order valence-electron chi connectivity index (χ3n) is 4.34. The molecule has 0 spiro atoms. The van der Waals surface area contributed by atoms with E-state index in [0.717, 1.165) is 18.8 Å². The summed E-state index contributed by atoms with van der Waals surface area (Å²) in [6.45, 7) is 8.12. The highest BCUT2D eigenvalue weighted by Gasteiger charge is 2.24. The van der Waals surface area contributed by atoms with Crippen molar-refractivity contribution in [3.8, 4) is 0 Å². The van der Waals surface area contributed by atoms with E-state index in [1.807, 2.05) is 11.8 Å². The summed E-state index contributed by atoms with van der Waals surface area (Å²) in [5.74, 6) is 0.608. The van der Waals surface area contributed by atoms with Crippen LogP contribution in [0.25, 0.3) is 0 Å². The third-order valence-corrected chi connectivity index (χ3v) is 6.00. The van der Waals surface area contributed by atoms with E-state index < -0.39 is 10.0 Å². The Morgan fingerprint density at radius 3 is 2.50 bits per heavy atom. The van der Waals surface area contributed by atoms with Gasteiger partial charge in [-0.25, -0.2) is 23.1 Å². The molecule has 1 aliphatic heterocycles. The highest BCUT2D eigenvalue weighted by Crippen LogP contribution is 2.19. The number of hydrogen-bond acceptors (Lipinski definition) is 7. The molecule has 1 saturated heterocycles. The molecule has 1 N–H and O–H groups in total. The van der Waals surface area contributed by atoms with Gasteiger partial charge >= 0.3 is 0 Å². The van der Waals surface area contributed by atoms with E-state index >= 15 is 0 Å². The first kappa shape index (κ1) is 18.7. The smallest absolute Gasteiger partial charge is 0.244 e. The SMILES string of the molecule is Cc1cc(CNS(=O)(=O)c2c(C)nn(C)c2C)nc(N2CCOCC2)n1. The van der Waals surface area contributed by atoms with E-state index in [9.17, 15) is 8.42 Å². The molecule has 3 heterocycles. The van der Waals surface area contributed by atoms with E-state index in [-0.39, 0.29) is 11.4 Å². The van der Waals surface area contributed by atoms with Crippen molar-refractivity contribution < 1.29 is 13.2 Å². The standard InChI is InChI=1S/C16H24N6O3S/c1-11-9-14(19-16(18-11)22-5-7-25-8-6-22)10-17-26(23,24)15-12(2)20-21(4)13(15)3/h9,17H,5-8,10H2,1-4H3. The highest BCUT2D eigenvalue weighted by molar-refractivity contribution is 7.89. The second-order valence-electron chi connectivity index (χ2n) is 6.35. The van der Waals surface area contributed by atoms with E-state index in [0.29, 0.717) is 36.2 Å². The van der Waals surface area contributed by atoms with Crippen molar-refractivity contribution in [1.29, 1.82) is 0 Å². The molecule has 0 aliphatic carbocycles. The predicted molar refractivity (Wildman–Crippen MR) is 96.5 cm³/mol. The van der Waals surface area contributed by atoms with Crippen LogP contribution in [0.1, 0.15) is 22.8 Å². The molecule has 142 valence electrons. The number of ether oxygens (including phenoxy) is 1. The molecule has 0 aromatic carbocycles. The number of aromatic nitrogens is 4. The van der Waals surface area contributed by atoms with Crippen molar-refractivity contribution >= 4 is 16.0 Å². The molecule has 0 saturated carbocycles. The molecule has 0 unspecified atom stereocenters. The normalized spacial score (nSPS) is 15.5. The van der Waals surface area contributed by atoms with Crippen LogP contribution in [0.15, 0.2) is 11.0 Å². The van der Waals surface area contributed by atoms with Gasteiger partial charge in [-0.05, 0) is 26.8 Å². The van der Waals surface area contributed by atoms with E-state index in [4.69, 9.17) is 4.74 Å². The second kappa shape index (κ2) is 7.29. The first-order chi connectivity index (χ1) is 12.3. The van der Waals surface area contributed by atoms with Crippen LogP contribution in [-0.4, -0.2) is 54.5 Å². The molecule has 0 radical (unpaired) electrons. The van der Waals surface area contributed by atoms with Crippen molar-refractivity contribution in [3.63, 3.8) is 0 Å². The topological polar surface area (TPSA) is 102 Å². The molecule has 2 aromatic rings. The van der Waals surface area contributed by atoms with Crippen LogP contribution in [0.3, 0.4) is 0 Å². The van der Waals surface area contributed by atoms with E-state index in [1.54, 1.807) is 31.6 Å². The fourth-order valence-corrected chi connectivity index (χ4v) is 4.43. The first-order valence-corrected chi connectivity index (χ1v) is 9.93. The zero-order valence-electron chi connectivity index (χ0n) is 15.5. The zero-order valence-corrected chi connectivity index (χ0v) is 16.3. The Bertz CT molecular complexity index is 903. The number of nitrogens with one attached hydrogen (secondary N) is 1. The summed E-state index contributed by atoms with van der Waals surface area (Å²) < 4.78 is 34.9. The van der Waals surface area contributed by atoms with Gasteiger partial charge in [0.05, 0.1) is 36.8 Å². The van der Waals surface area contributed by atoms with Gasteiger partial charge in [0.15, 0.2) is 0 Å². The summed E-state index contributed by atoms with van der Waals surface area (Å²) in [5.41, 5.74) is 2.50. The van der Waals surface area contributed by atoms with Gasteiger partial charge in [0.2, 0.25) is 16.0 Å². The summed E-state index contributed by atoms with van der Waals surface area (Å²) in [6, 6.07) is 1.79. The van der Waals surface area contributed by atoms with Gasteiger partial charge in [0.1, 0.15) is 4.90 Å². The number of anilines is 1. The van der Waals surface area contributed by atoms with E-state index in [1.165, 1.54) is 0 Å². The quantitative estimate of drug-likeness (QED) is 0.803. The molecule has 0 atom stereocenters. The number of rotatable bonds is 5. The van der Waals surface area contributed by atoms with Crippen LogP contribution in [0.5, 0.6) is 0 Å². The van der Waals surface area contributed by atoms with Gasteiger partial charge in [0, 0.05) is 25.8 Å². The maximum absolute atomic E-state index is 12.7. The minimum absolute atomic E-state index is 0.0941. The lowest BCUT2D eigenvalue weighted by Gasteiger charge is -2.27. The van der Waals surface area contributed by atoms with Gasteiger partial charge in [-0.15, -0.1) is 0 Å². The molecule has 1 fully saturated rings. The monoisotopic (exact) mass is 380 g/mol. The summed E-state index contributed by atoms with van der Waals surface area (Å²) in [7, 11) is -1.95. The number of nitrogens with zero attached hydrogens (tertiary/aromatic N) is 5. The zero-order chi connectivity index (χ0) is 18.9. The van der Waals surface area contributed by atoms with Gasteiger partial charge in [-0.3, -0.25) is 4.68 Å². The van der Waals surface area contributed by atoms with Gasteiger partial charge < -0.3 is 9.64 Å². The molecule has 0 bridgehead atoms. The average Bonchev–Trinajstić information content (AvgIpc) is 2.86. The lowest BCUT2D eigenvalue weighted by Crippen LogP contribution is -2.37. The molecular formula is C16H24N6O3S. The third kappa shape index (κ3) is 3.87. The summed E-state index contributed by atoms with van der Waals surface area (Å²) in [5, 5.41) is 4.17. The molecule has 0 amide bonds. The van der Waals surface area contributed by atoms with E-state index in [2.05, 4.69) is 19.8 Å². The van der Waals surface area contributed by atoms with Gasteiger partial charge in [-0.2, -0.15) is 5.10 Å². The first-order valence-electron chi connectivity index (χ1n) is 8.45. The highest BCUT2D eigenvalue weighted by atomic mass is 32.2. The molecule has 9 nitrogen and oxygen atoms in total. The molecule has 3 rings (SSSR count). The second-order valence-corrected chi connectivity index (χ2v) is 8.05. The van der Waals surface area contributed by atoms with Crippen molar-refractivity contribution in [2.45, 2.75) is 32.2 Å². The summed E-state index contributed by atoms with van der Waals surface area (Å²) in [6.07, 6.45) is 0. The molecule has 2 aromatic heterocycles. The van der Waals surface area contributed by atoms with Crippen LogP contribution in [0.4, 0.5) is 5.95 Å². The fraction of sp³-hybridized carbons (Fsp3) is 0.562. The number of sulfonamides is 1. The Hall–Kier alpha value is -2.04. The van der Waals surface area contributed by atoms with Crippen LogP contribution < -0.4 is 9.62 Å². The Balaban J connectivity index is 1.79.